The number of thiocarbonyl (C=S) groups is 1. The van der Waals surface area contributed by atoms with Crippen LogP contribution in [-0.2, 0) is 4.74 Å². The summed E-state index contributed by atoms with van der Waals surface area (Å²) in [5.74, 6) is 0. The lowest BCUT2D eigenvalue weighted by Gasteiger charge is -2.11. The van der Waals surface area contributed by atoms with Crippen molar-refractivity contribution in [3.05, 3.63) is 34.9 Å². The van der Waals surface area contributed by atoms with E-state index in [1.807, 2.05) is 24.3 Å². The lowest BCUT2D eigenvalue weighted by molar-refractivity contribution is 0.114. The molecule has 102 valence electrons. The maximum Gasteiger partial charge on any atom is 0.187 e. The van der Waals surface area contributed by atoms with Gasteiger partial charge in [-0.1, -0.05) is 29.8 Å². The van der Waals surface area contributed by atoms with Crippen molar-refractivity contribution in [3.63, 3.8) is 0 Å². The molecule has 1 aromatic carbocycles. The highest BCUT2D eigenvalue weighted by Crippen LogP contribution is 2.12. The van der Waals surface area contributed by atoms with Crippen molar-refractivity contribution in [2.24, 2.45) is 5.10 Å². The monoisotopic (exact) mass is 297 g/mol. The molecule has 1 unspecified atom stereocenters. The summed E-state index contributed by atoms with van der Waals surface area (Å²) >= 11 is 11.1. The molecule has 2 N–H and O–H groups in total. The highest BCUT2D eigenvalue weighted by atomic mass is 35.5. The summed E-state index contributed by atoms with van der Waals surface area (Å²) in [7, 11) is 0. The maximum atomic E-state index is 6.00. The Morgan fingerprint density at radius 3 is 3.11 bits per heavy atom. The summed E-state index contributed by atoms with van der Waals surface area (Å²) in [5, 5.41) is 8.26. The Balaban J connectivity index is 1.72. The molecule has 0 aromatic heterocycles. The number of hydrogen-bond donors (Lipinski definition) is 2. The van der Waals surface area contributed by atoms with E-state index < -0.39 is 0 Å². The van der Waals surface area contributed by atoms with Crippen molar-refractivity contribution in [1.82, 2.24) is 10.7 Å². The molecule has 1 fully saturated rings. The number of nitrogens with zero attached hydrogens (tertiary/aromatic N) is 1. The number of hydrogen-bond acceptors (Lipinski definition) is 3. The van der Waals surface area contributed by atoms with Gasteiger partial charge in [-0.25, -0.2) is 0 Å². The van der Waals surface area contributed by atoms with E-state index in [9.17, 15) is 0 Å². The van der Waals surface area contributed by atoms with Gasteiger partial charge >= 0.3 is 0 Å². The first-order chi connectivity index (χ1) is 9.25. The molecular formula is C13H16ClN3OS. The Morgan fingerprint density at radius 1 is 1.53 bits per heavy atom. The molecule has 1 aliphatic heterocycles. The number of benzene rings is 1. The Labute approximate surface area is 123 Å². The molecular weight excluding hydrogens is 282 g/mol. The molecule has 0 saturated carbocycles. The van der Waals surface area contributed by atoms with Gasteiger partial charge in [0.1, 0.15) is 0 Å². The second kappa shape index (κ2) is 7.43. The minimum atomic E-state index is 0.257. The smallest absolute Gasteiger partial charge is 0.187 e. The van der Waals surface area contributed by atoms with Crippen molar-refractivity contribution in [3.8, 4) is 0 Å². The predicted octanol–water partition coefficient (Wildman–Crippen LogP) is 2.32. The van der Waals surface area contributed by atoms with E-state index in [1.54, 1.807) is 6.21 Å². The minimum absolute atomic E-state index is 0.257. The van der Waals surface area contributed by atoms with Gasteiger partial charge in [0, 0.05) is 23.7 Å². The van der Waals surface area contributed by atoms with E-state index in [1.165, 1.54) is 0 Å². The van der Waals surface area contributed by atoms with Crippen LogP contribution in [0.15, 0.2) is 29.4 Å². The topological polar surface area (TPSA) is 45.6 Å². The summed E-state index contributed by atoms with van der Waals surface area (Å²) < 4.78 is 5.49. The number of ether oxygens (including phenoxy) is 1. The van der Waals surface area contributed by atoms with Crippen LogP contribution in [-0.4, -0.2) is 30.6 Å². The quantitative estimate of drug-likeness (QED) is 0.509. The van der Waals surface area contributed by atoms with Crippen LogP contribution < -0.4 is 10.7 Å². The second-order valence-electron chi connectivity index (χ2n) is 4.24. The number of hydrazone groups is 1. The average Bonchev–Trinajstić information content (AvgIpc) is 2.92. The van der Waals surface area contributed by atoms with E-state index in [2.05, 4.69) is 15.8 Å². The number of halogens is 1. The van der Waals surface area contributed by atoms with Gasteiger partial charge in [-0.3, -0.25) is 5.43 Å². The highest BCUT2D eigenvalue weighted by Gasteiger charge is 2.14. The van der Waals surface area contributed by atoms with Crippen LogP contribution in [0.5, 0.6) is 0 Å². The summed E-state index contributed by atoms with van der Waals surface area (Å²) in [5.41, 5.74) is 3.60. The van der Waals surface area contributed by atoms with Crippen LogP contribution in [0.4, 0.5) is 0 Å². The Kier molecular flexibility index (Phi) is 5.57. The fraction of sp³-hybridized carbons (Fsp3) is 0.385. The molecule has 0 radical (unpaired) electrons. The molecule has 4 nitrogen and oxygen atoms in total. The third-order valence-corrected chi connectivity index (χ3v) is 3.37. The van der Waals surface area contributed by atoms with Gasteiger partial charge in [0.25, 0.3) is 0 Å². The standard InChI is InChI=1S/C13H16ClN3OS/c14-12-6-2-1-4-10(12)8-16-17-13(19)15-9-11-5-3-7-18-11/h1-2,4,6,8,11H,3,5,7,9H2,(H2,15,17,19)/b16-8+. The number of rotatable bonds is 4. The molecule has 1 aromatic rings. The Morgan fingerprint density at radius 2 is 2.37 bits per heavy atom. The second-order valence-corrected chi connectivity index (χ2v) is 5.05. The molecule has 1 saturated heterocycles. The summed E-state index contributed by atoms with van der Waals surface area (Å²) in [6.45, 7) is 1.56. The van der Waals surface area contributed by atoms with Gasteiger partial charge < -0.3 is 10.1 Å². The molecule has 1 atom stereocenters. The molecule has 1 aliphatic rings. The zero-order chi connectivity index (χ0) is 13.5. The van der Waals surface area contributed by atoms with Crippen LogP contribution in [0.1, 0.15) is 18.4 Å². The molecule has 0 spiro atoms. The van der Waals surface area contributed by atoms with Gasteiger partial charge in [0.15, 0.2) is 5.11 Å². The van der Waals surface area contributed by atoms with Crippen LogP contribution in [0, 0.1) is 0 Å². The van der Waals surface area contributed by atoms with Crippen molar-refractivity contribution in [1.29, 1.82) is 0 Å². The van der Waals surface area contributed by atoms with E-state index in [-0.39, 0.29) is 6.10 Å². The van der Waals surface area contributed by atoms with Gasteiger partial charge in [0.2, 0.25) is 0 Å². The van der Waals surface area contributed by atoms with Gasteiger partial charge in [-0.2, -0.15) is 5.10 Å². The Bertz CT molecular complexity index is 461. The zero-order valence-corrected chi connectivity index (χ0v) is 12.0. The van der Waals surface area contributed by atoms with E-state index >= 15 is 0 Å². The van der Waals surface area contributed by atoms with Crippen molar-refractivity contribution in [2.75, 3.05) is 13.2 Å². The Hall–Kier alpha value is -1.17. The third kappa shape index (κ3) is 4.78. The summed E-state index contributed by atoms with van der Waals surface area (Å²) in [4.78, 5) is 0. The molecule has 0 amide bonds. The lowest BCUT2D eigenvalue weighted by atomic mass is 10.2. The fourth-order valence-electron chi connectivity index (χ4n) is 1.79. The summed E-state index contributed by atoms with van der Waals surface area (Å²) in [6.07, 6.45) is 4.10. The fourth-order valence-corrected chi connectivity index (χ4v) is 2.11. The van der Waals surface area contributed by atoms with Gasteiger partial charge in [0.05, 0.1) is 12.3 Å². The minimum Gasteiger partial charge on any atom is -0.376 e. The first kappa shape index (κ1) is 14.2. The predicted molar refractivity (Wildman–Crippen MR) is 81.8 cm³/mol. The molecule has 0 bridgehead atoms. The third-order valence-electron chi connectivity index (χ3n) is 2.79. The van der Waals surface area contributed by atoms with E-state index in [0.29, 0.717) is 16.7 Å². The van der Waals surface area contributed by atoms with Gasteiger partial charge in [-0.05, 0) is 31.1 Å². The van der Waals surface area contributed by atoms with Crippen LogP contribution in [0.25, 0.3) is 0 Å². The van der Waals surface area contributed by atoms with Crippen molar-refractivity contribution < 1.29 is 4.74 Å². The molecule has 19 heavy (non-hydrogen) atoms. The highest BCUT2D eigenvalue weighted by molar-refractivity contribution is 7.80. The van der Waals surface area contributed by atoms with Crippen molar-refractivity contribution in [2.45, 2.75) is 18.9 Å². The molecule has 2 rings (SSSR count). The van der Waals surface area contributed by atoms with Gasteiger partial charge in [-0.15, -0.1) is 0 Å². The van der Waals surface area contributed by atoms with Crippen molar-refractivity contribution >= 4 is 35.1 Å². The first-order valence-electron chi connectivity index (χ1n) is 6.19. The van der Waals surface area contributed by atoms with Crippen LogP contribution in [0.2, 0.25) is 5.02 Å². The zero-order valence-electron chi connectivity index (χ0n) is 10.4. The maximum absolute atomic E-state index is 6.00. The largest absolute Gasteiger partial charge is 0.376 e. The molecule has 6 heteroatoms. The van der Waals surface area contributed by atoms with Crippen LogP contribution >= 0.6 is 23.8 Å². The lowest BCUT2D eigenvalue weighted by Crippen LogP contribution is -2.37. The molecule has 1 heterocycles. The van der Waals surface area contributed by atoms with E-state index in [4.69, 9.17) is 28.6 Å². The van der Waals surface area contributed by atoms with Crippen LogP contribution in [0.3, 0.4) is 0 Å². The first-order valence-corrected chi connectivity index (χ1v) is 6.97. The number of nitrogens with one attached hydrogen (secondary N) is 2. The normalized spacial score (nSPS) is 18.7. The summed E-state index contributed by atoms with van der Waals surface area (Å²) in [6, 6.07) is 7.48. The average molecular weight is 298 g/mol. The molecule has 0 aliphatic carbocycles. The SMILES string of the molecule is S=C(NCC1CCCO1)N/N=C/c1ccccc1Cl. The van der Waals surface area contributed by atoms with E-state index in [0.717, 1.165) is 25.0 Å².